The lowest BCUT2D eigenvalue weighted by Gasteiger charge is -2.10. The SMILES string of the molecule is CCCCCCOc1ccc(F)cc1S(N)(=O)=O. The number of sulfonamides is 1. The molecule has 0 unspecified atom stereocenters. The van der Waals surface area contributed by atoms with Crippen LogP contribution in [0.4, 0.5) is 4.39 Å². The van der Waals surface area contributed by atoms with Crippen LogP contribution in [-0.4, -0.2) is 15.0 Å². The van der Waals surface area contributed by atoms with E-state index in [1.165, 1.54) is 6.07 Å². The molecule has 4 nitrogen and oxygen atoms in total. The van der Waals surface area contributed by atoms with E-state index >= 15 is 0 Å². The predicted octanol–water partition coefficient (Wildman–Crippen LogP) is 2.43. The van der Waals surface area contributed by atoms with E-state index in [-0.39, 0.29) is 10.6 Å². The quantitative estimate of drug-likeness (QED) is 0.777. The van der Waals surface area contributed by atoms with Crippen molar-refractivity contribution in [3.05, 3.63) is 24.0 Å². The van der Waals surface area contributed by atoms with E-state index in [0.29, 0.717) is 6.61 Å². The number of unbranched alkanes of at least 4 members (excludes halogenated alkanes) is 3. The van der Waals surface area contributed by atoms with Crippen LogP contribution in [0.2, 0.25) is 0 Å². The van der Waals surface area contributed by atoms with Crippen LogP contribution in [0.1, 0.15) is 32.6 Å². The van der Waals surface area contributed by atoms with Crippen molar-refractivity contribution in [2.24, 2.45) is 5.14 Å². The van der Waals surface area contributed by atoms with Crippen LogP contribution in [0.3, 0.4) is 0 Å². The Morgan fingerprint density at radius 1 is 1.28 bits per heavy atom. The molecule has 0 fully saturated rings. The number of hydrogen-bond donors (Lipinski definition) is 1. The molecule has 0 atom stereocenters. The number of primary sulfonamides is 1. The molecule has 102 valence electrons. The minimum atomic E-state index is -3.97. The summed E-state index contributed by atoms with van der Waals surface area (Å²) in [6.07, 6.45) is 4.06. The Morgan fingerprint density at radius 2 is 2.00 bits per heavy atom. The summed E-state index contributed by atoms with van der Waals surface area (Å²) in [7, 11) is -3.97. The van der Waals surface area contributed by atoms with E-state index in [1.807, 2.05) is 0 Å². The average molecular weight is 275 g/mol. The summed E-state index contributed by atoms with van der Waals surface area (Å²) < 4.78 is 40.9. The van der Waals surface area contributed by atoms with Gasteiger partial charge in [0, 0.05) is 0 Å². The molecule has 0 aliphatic heterocycles. The summed E-state index contributed by atoms with van der Waals surface area (Å²) in [5.74, 6) is -0.548. The molecule has 0 heterocycles. The van der Waals surface area contributed by atoms with Crippen molar-refractivity contribution in [3.63, 3.8) is 0 Å². The zero-order valence-corrected chi connectivity index (χ0v) is 11.2. The maximum atomic E-state index is 13.0. The number of halogens is 1. The third-order valence-corrected chi connectivity index (χ3v) is 3.40. The van der Waals surface area contributed by atoms with Crippen molar-refractivity contribution in [3.8, 4) is 5.75 Å². The average Bonchev–Trinajstić information content (AvgIpc) is 2.29. The van der Waals surface area contributed by atoms with Gasteiger partial charge in [-0.15, -0.1) is 0 Å². The first kappa shape index (κ1) is 14.9. The highest BCUT2D eigenvalue weighted by molar-refractivity contribution is 7.89. The fraction of sp³-hybridized carbons (Fsp3) is 0.500. The second-order valence-corrected chi connectivity index (χ2v) is 5.58. The lowest BCUT2D eigenvalue weighted by molar-refractivity contribution is 0.297. The molecule has 0 aliphatic rings. The van der Waals surface area contributed by atoms with Crippen LogP contribution in [0.25, 0.3) is 0 Å². The Hall–Kier alpha value is -1.14. The van der Waals surface area contributed by atoms with Crippen LogP contribution in [0, 0.1) is 5.82 Å². The second-order valence-electron chi connectivity index (χ2n) is 4.05. The van der Waals surface area contributed by atoms with E-state index in [9.17, 15) is 12.8 Å². The number of benzene rings is 1. The minimum Gasteiger partial charge on any atom is -0.492 e. The molecule has 0 spiro atoms. The van der Waals surface area contributed by atoms with Crippen molar-refractivity contribution in [1.82, 2.24) is 0 Å². The third-order valence-electron chi connectivity index (χ3n) is 2.47. The van der Waals surface area contributed by atoms with Gasteiger partial charge < -0.3 is 4.74 Å². The summed E-state index contributed by atoms with van der Waals surface area (Å²) in [6, 6.07) is 3.31. The van der Waals surface area contributed by atoms with Gasteiger partial charge in [-0.3, -0.25) is 0 Å². The molecular formula is C12H18FNO3S. The summed E-state index contributed by atoms with van der Waals surface area (Å²) in [5, 5.41) is 5.00. The molecule has 6 heteroatoms. The topological polar surface area (TPSA) is 69.4 Å². The van der Waals surface area contributed by atoms with Gasteiger partial charge in [0.05, 0.1) is 6.61 Å². The lowest BCUT2D eigenvalue weighted by atomic mass is 10.2. The van der Waals surface area contributed by atoms with E-state index < -0.39 is 15.8 Å². The van der Waals surface area contributed by atoms with Crippen LogP contribution in [0.15, 0.2) is 23.1 Å². The Kier molecular flexibility index (Phi) is 5.55. The van der Waals surface area contributed by atoms with Gasteiger partial charge in [-0.2, -0.15) is 0 Å². The highest BCUT2D eigenvalue weighted by Crippen LogP contribution is 2.23. The molecule has 0 saturated heterocycles. The van der Waals surface area contributed by atoms with Crippen molar-refractivity contribution < 1.29 is 17.5 Å². The molecule has 1 rings (SSSR count). The highest BCUT2D eigenvalue weighted by atomic mass is 32.2. The Labute approximate surface area is 107 Å². The monoisotopic (exact) mass is 275 g/mol. The van der Waals surface area contributed by atoms with Gasteiger partial charge in [0.15, 0.2) is 0 Å². The van der Waals surface area contributed by atoms with Gasteiger partial charge in [-0.05, 0) is 24.6 Å². The molecule has 2 N–H and O–H groups in total. The molecule has 1 aromatic carbocycles. The van der Waals surface area contributed by atoms with Gasteiger partial charge in [0.25, 0.3) is 0 Å². The molecule has 0 aliphatic carbocycles. The highest BCUT2D eigenvalue weighted by Gasteiger charge is 2.16. The normalized spacial score (nSPS) is 11.5. The van der Waals surface area contributed by atoms with Gasteiger partial charge >= 0.3 is 0 Å². The fourth-order valence-corrected chi connectivity index (χ4v) is 2.22. The first-order valence-electron chi connectivity index (χ1n) is 5.90. The molecule has 0 amide bonds. The largest absolute Gasteiger partial charge is 0.492 e. The first-order valence-corrected chi connectivity index (χ1v) is 7.45. The van der Waals surface area contributed by atoms with Crippen molar-refractivity contribution in [2.75, 3.05) is 6.61 Å². The maximum absolute atomic E-state index is 13.0. The van der Waals surface area contributed by atoms with Crippen molar-refractivity contribution in [2.45, 2.75) is 37.5 Å². The number of nitrogens with two attached hydrogens (primary N) is 1. The van der Waals surface area contributed by atoms with Crippen LogP contribution in [-0.2, 0) is 10.0 Å². The smallest absolute Gasteiger partial charge is 0.241 e. The molecule has 18 heavy (non-hydrogen) atoms. The summed E-state index contributed by atoms with van der Waals surface area (Å²) in [4.78, 5) is -0.307. The number of rotatable bonds is 7. The van der Waals surface area contributed by atoms with E-state index in [1.54, 1.807) is 0 Å². The second kappa shape index (κ2) is 6.70. The number of hydrogen-bond acceptors (Lipinski definition) is 3. The van der Waals surface area contributed by atoms with Gasteiger partial charge in [0.1, 0.15) is 16.5 Å². The van der Waals surface area contributed by atoms with E-state index in [0.717, 1.165) is 37.8 Å². The molecule has 0 bridgehead atoms. The maximum Gasteiger partial charge on any atom is 0.241 e. The standard InChI is InChI=1S/C12H18FNO3S/c1-2-3-4-5-8-17-11-7-6-10(13)9-12(11)18(14,15)16/h6-7,9H,2-5,8H2,1H3,(H2,14,15,16). The fourth-order valence-electron chi connectivity index (χ4n) is 1.53. The molecular weight excluding hydrogens is 257 g/mol. The molecule has 0 aromatic heterocycles. The minimum absolute atomic E-state index is 0.107. The lowest BCUT2D eigenvalue weighted by Crippen LogP contribution is -2.14. The summed E-state index contributed by atoms with van der Waals surface area (Å²) in [5.41, 5.74) is 0. The van der Waals surface area contributed by atoms with Crippen molar-refractivity contribution in [1.29, 1.82) is 0 Å². The van der Waals surface area contributed by atoms with E-state index in [2.05, 4.69) is 6.92 Å². The Balaban J connectivity index is 2.71. The third kappa shape index (κ3) is 4.62. The Morgan fingerprint density at radius 3 is 2.61 bits per heavy atom. The molecule has 1 aromatic rings. The first-order chi connectivity index (χ1) is 8.45. The zero-order valence-electron chi connectivity index (χ0n) is 10.4. The molecule has 0 radical (unpaired) electrons. The number of ether oxygens (including phenoxy) is 1. The van der Waals surface area contributed by atoms with Crippen LogP contribution in [0.5, 0.6) is 5.75 Å². The van der Waals surface area contributed by atoms with Gasteiger partial charge in [-0.25, -0.2) is 17.9 Å². The van der Waals surface area contributed by atoms with Gasteiger partial charge in [-0.1, -0.05) is 26.2 Å². The summed E-state index contributed by atoms with van der Waals surface area (Å²) >= 11 is 0. The van der Waals surface area contributed by atoms with Crippen LogP contribution >= 0.6 is 0 Å². The van der Waals surface area contributed by atoms with Crippen LogP contribution < -0.4 is 9.88 Å². The van der Waals surface area contributed by atoms with E-state index in [4.69, 9.17) is 9.88 Å². The zero-order chi connectivity index (χ0) is 13.6. The molecule has 0 saturated carbocycles. The Bertz CT molecular complexity index is 488. The van der Waals surface area contributed by atoms with Crippen molar-refractivity contribution >= 4 is 10.0 Å². The van der Waals surface area contributed by atoms with Gasteiger partial charge in [0.2, 0.25) is 10.0 Å². The predicted molar refractivity (Wildman–Crippen MR) is 67.4 cm³/mol. The summed E-state index contributed by atoms with van der Waals surface area (Å²) in [6.45, 7) is 2.49.